The predicted octanol–water partition coefficient (Wildman–Crippen LogP) is 5.32. The Balaban J connectivity index is 2.36. The van der Waals surface area contributed by atoms with Gasteiger partial charge in [-0.05, 0) is 36.8 Å². The molecule has 4 heteroatoms. The molecule has 0 aliphatic heterocycles. The zero-order chi connectivity index (χ0) is 13.1. The van der Waals surface area contributed by atoms with Gasteiger partial charge in [-0.2, -0.15) is 0 Å². The molecule has 0 saturated carbocycles. The highest BCUT2D eigenvalue weighted by atomic mass is 35.5. The van der Waals surface area contributed by atoms with Gasteiger partial charge < -0.3 is 4.74 Å². The number of hydrogen-bond acceptors (Lipinski definition) is 1. The van der Waals surface area contributed by atoms with Crippen LogP contribution in [0.25, 0.3) is 0 Å². The van der Waals surface area contributed by atoms with Crippen LogP contribution in [-0.4, -0.2) is 0 Å². The van der Waals surface area contributed by atoms with Crippen molar-refractivity contribution < 1.29 is 9.13 Å². The molecule has 0 spiro atoms. The molecule has 2 aromatic carbocycles. The van der Waals surface area contributed by atoms with Crippen LogP contribution < -0.4 is 4.74 Å². The molecule has 0 fully saturated rings. The van der Waals surface area contributed by atoms with Gasteiger partial charge in [0.2, 0.25) is 0 Å². The maximum atomic E-state index is 13.7. The largest absolute Gasteiger partial charge is 0.454 e. The standard InChI is InChI=1S/C14H11Cl2FO/c1-9-7-11(5-6-12(9)16)18-14-10(8-15)3-2-4-13(14)17/h2-7H,8H2,1H3. The number of aryl methyl sites for hydroxylation is 1. The van der Waals surface area contributed by atoms with Gasteiger partial charge in [0, 0.05) is 10.6 Å². The van der Waals surface area contributed by atoms with Crippen LogP contribution >= 0.6 is 23.2 Å². The molecule has 2 aromatic rings. The van der Waals surface area contributed by atoms with Crippen LogP contribution in [0.4, 0.5) is 4.39 Å². The fourth-order valence-corrected chi connectivity index (χ4v) is 1.90. The van der Waals surface area contributed by atoms with Crippen molar-refractivity contribution in [1.29, 1.82) is 0 Å². The minimum Gasteiger partial charge on any atom is -0.454 e. The topological polar surface area (TPSA) is 9.23 Å². The fraction of sp³-hybridized carbons (Fsp3) is 0.143. The van der Waals surface area contributed by atoms with Gasteiger partial charge in [-0.25, -0.2) is 4.39 Å². The van der Waals surface area contributed by atoms with Crippen LogP contribution in [0.1, 0.15) is 11.1 Å². The van der Waals surface area contributed by atoms with Crippen LogP contribution in [0.15, 0.2) is 36.4 Å². The molecule has 0 aromatic heterocycles. The normalized spacial score (nSPS) is 10.4. The van der Waals surface area contributed by atoms with E-state index in [1.54, 1.807) is 30.3 Å². The Bertz CT molecular complexity index is 570. The molecule has 0 aliphatic rings. The lowest BCUT2D eigenvalue weighted by atomic mass is 10.2. The highest BCUT2D eigenvalue weighted by Gasteiger charge is 2.10. The first-order valence-electron chi connectivity index (χ1n) is 5.39. The van der Waals surface area contributed by atoms with Crippen LogP contribution in [0.2, 0.25) is 5.02 Å². The maximum absolute atomic E-state index is 13.7. The minimum absolute atomic E-state index is 0.161. The molecule has 0 atom stereocenters. The first-order chi connectivity index (χ1) is 8.61. The molecule has 0 radical (unpaired) electrons. The Kier molecular flexibility index (Phi) is 4.10. The van der Waals surface area contributed by atoms with Crippen LogP contribution in [-0.2, 0) is 5.88 Å². The van der Waals surface area contributed by atoms with E-state index in [-0.39, 0.29) is 11.6 Å². The van der Waals surface area contributed by atoms with Crippen molar-refractivity contribution in [1.82, 2.24) is 0 Å². The van der Waals surface area contributed by atoms with Gasteiger partial charge >= 0.3 is 0 Å². The summed E-state index contributed by atoms with van der Waals surface area (Å²) in [6.45, 7) is 1.86. The second-order valence-corrected chi connectivity index (χ2v) is 4.55. The summed E-state index contributed by atoms with van der Waals surface area (Å²) in [5.41, 5.74) is 1.49. The zero-order valence-electron chi connectivity index (χ0n) is 9.71. The quantitative estimate of drug-likeness (QED) is 0.693. The molecule has 0 N–H and O–H groups in total. The van der Waals surface area contributed by atoms with Crippen molar-refractivity contribution in [2.75, 3.05) is 0 Å². The van der Waals surface area contributed by atoms with Gasteiger partial charge in [0.25, 0.3) is 0 Å². The Morgan fingerprint density at radius 1 is 1.22 bits per heavy atom. The summed E-state index contributed by atoms with van der Waals surface area (Å²) in [7, 11) is 0. The average Bonchev–Trinajstić information content (AvgIpc) is 2.36. The molecular formula is C14H11Cl2FO. The SMILES string of the molecule is Cc1cc(Oc2c(F)cccc2CCl)ccc1Cl. The summed E-state index contributed by atoms with van der Waals surface area (Å²) in [6.07, 6.45) is 0. The molecule has 2 rings (SSSR count). The van der Waals surface area contributed by atoms with Crippen molar-refractivity contribution >= 4 is 23.2 Å². The van der Waals surface area contributed by atoms with Crippen molar-refractivity contribution in [2.45, 2.75) is 12.8 Å². The molecule has 94 valence electrons. The van der Waals surface area contributed by atoms with E-state index in [1.807, 2.05) is 6.92 Å². The Labute approximate surface area is 115 Å². The number of ether oxygens (including phenoxy) is 1. The Morgan fingerprint density at radius 3 is 2.67 bits per heavy atom. The van der Waals surface area contributed by atoms with Gasteiger partial charge in [0.1, 0.15) is 5.75 Å². The third-order valence-electron chi connectivity index (χ3n) is 2.54. The van der Waals surface area contributed by atoms with Crippen LogP contribution in [0, 0.1) is 12.7 Å². The molecule has 0 aliphatic carbocycles. The van der Waals surface area contributed by atoms with Gasteiger partial charge in [-0.15, -0.1) is 11.6 Å². The molecule has 0 saturated heterocycles. The second-order valence-electron chi connectivity index (χ2n) is 3.87. The molecule has 0 heterocycles. The van der Waals surface area contributed by atoms with Crippen molar-refractivity contribution in [3.63, 3.8) is 0 Å². The molecule has 0 bridgehead atoms. The van der Waals surface area contributed by atoms with Crippen molar-refractivity contribution in [2.24, 2.45) is 0 Å². The summed E-state index contributed by atoms with van der Waals surface area (Å²) in [4.78, 5) is 0. The summed E-state index contributed by atoms with van der Waals surface area (Å²) in [5, 5.41) is 0.647. The molecular weight excluding hydrogens is 274 g/mol. The van der Waals surface area contributed by atoms with E-state index in [9.17, 15) is 4.39 Å². The van der Waals surface area contributed by atoms with Crippen LogP contribution in [0.5, 0.6) is 11.5 Å². The number of para-hydroxylation sites is 1. The van der Waals surface area contributed by atoms with E-state index in [1.165, 1.54) is 6.07 Å². The highest BCUT2D eigenvalue weighted by Crippen LogP contribution is 2.31. The fourth-order valence-electron chi connectivity index (χ4n) is 1.57. The minimum atomic E-state index is -0.430. The van der Waals surface area contributed by atoms with Crippen LogP contribution in [0.3, 0.4) is 0 Å². The molecule has 0 unspecified atom stereocenters. The lowest BCUT2D eigenvalue weighted by molar-refractivity contribution is 0.438. The first kappa shape index (κ1) is 13.2. The van der Waals surface area contributed by atoms with Crippen molar-refractivity contribution in [3.05, 3.63) is 58.4 Å². The smallest absolute Gasteiger partial charge is 0.167 e. The average molecular weight is 285 g/mol. The van der Waals surface area contributed by atoms with E-state index in [2.05, 4.69) is 0 Å². The summed E-state index contributed by atoms with van der Waals surface area (Å²) in [5.74, 6) is 0.461. The Hall–Kier alpha value is -1.25. The van der Waals surface area contributed by atoms with E-state index in [4.69, 9.17) is 27.9 Å². The van der Waals surface area contributed by atoms with Gasteiger partial charge in [-0.1, -0.05) is 23.7 Å². The number of rotatable bonds is 3. The lowest BCUT2D eigenvalue weighted by Gasteiger charge is -2.11. The number of halogens is 3. The van der Waals surface area contributed by atoms with E-state index in [0.717, 1.165) is 5.56 Å². The Morgan fingerprint density at radius 2 is 2.00 bits per heavy atom. The molecule has 18 heavy (non-hydrogen) atoms. The summed E-state index contributed by atoms with van der Waals surface area (Å²) >= 11 is 11.7. The number of alkyl halides is 1. The zero-order valence-corrected chi connectivity index (χ0v) is 11.2. The number of hydrogen-bond donors (Lipinski definition) is 0. The third-order valence-corrected chi connectivity index (χ3v) is 3.25. The maximum Gasteiger partial charge on any atom is 0.167 e. The van der Waals surface area contributed by atoms with E-state index < -0.39 is 5.82 Å². The van der Waals surface area contributed by atoms with Gasteiger partial charge in [0.05, 0.1) is 5.88 Å². The third kappa shape index (κ3) is 2.77. The van der Waals surface area contributed by atoms with Gasteiger partial charge in [-0.3, -0.25) is 0 Å². The summed E-state index contributed by atoms with van der Waals surface area (Å²) < 4.78 is 19.2. The van der Waals surface area contributed by atoms with E-state index in [0.29, 0.717) is 16.3 Å². The first-order valence-corrected chi connectivity index (χ1v) is 6.30. The van der Waals surface area contributed by atoms with Crippen molar-refractivity contribution in [3.8, 4) is 11.5 Å². The molecule has 1 nitrogen and oxygen atoms in total. The summed E-state index contributed by atoms with van der Waals surface area (Å²) in [6, 6.07) is 9.84. The van der Waals surface area contributed by atoms with E-state index >= 15 is 0 Å². The highest BCUT2D eigenvalue weighted by molar-refractivity contribution is 6.31. The predicted molar refractivity (Wildman–Crippen MR) is 72.2 cm³/mol. The van der Waals surface area contributed by atoms with Gasteiger partial charge in [0.15, 0.2) is 11.6 Å². The second kappa shape index (κ2) is 5.59. The number of benzene rings is 2. The monoisotopic (exact) mass is 284 g/mol. The molecule has 0 amide bonds. The lowest BCUT2D eigenvalue weighted by Crippen LogP contribution is -1.93.